The standard InChI is InChI=1S/C15H28N4S.HI/c1-6-16-15(17-9-7-11(2)3)18-10-8-14-12(4)19-13(5)20-14;/h11H,6-10H2,1-5H3,(H2,16,17,18);1H. The molecule has 1 rings (SSSR count). The van der Waals surface area contributed by atoms with Gasteiger partial charge < -0.3 is 10.6 Å². The molecule has 0 bridgehead atoms. The Balaban J connectivity index is 0.00000400. The van der Waals surface area contributed by atoms with Gasteiger partial charge in [0.05, 0.1) is 10.7 Å². The van der Waals surface area contributed by atoms with Crippen molar-refractivity contribution in [3.05, 3.63) is 15.6 Å². The van der Waals surface area contributed by atoms with E-state index in [9.17, 15) is 0 Å². The van der Waals surface area contributed by atoms with Crippen molar-refractivity contribution in [1.82, 2.24) is 15.6 Å². The number of rotatable bonds is 7. The Morgan fingerprint density at radius 3 is 2.52 bits per heavy atom. The van der Waals surface area contributed by atoms with Crippen LogP contribution in [-0.2, 0) is 6.42 Å². The summed E-state index contributed by atoms with van der Waals surface area (Å²) in [6, 6.07) is 0. The van der Waals surface area contributed by atoms with E-state index in [1.54, 1.807) is 11.3 Å². The first-order valence-corrected chi connectivity index (χ1v) is 8.29. The second kappa shape index (κ2) is 11.2. The van der Waals surface area contributed by atoms with Gasteiger partial charge in [-0.25, -0.2) is 4.98 Å². The lowest BCUT2D eigenvalue weighted by Crippen LogP contribution is -2.38. The molecule has 0 atom stereocenters. The zero-order valence-corrected chi connectivity index (χ0v) is 17.0. The van der Waals surface area contributed by atoms with Crippen LogP contribution >= 0.6 is 35.3 Å². The molecule has 0 saturated heterocycles. The van der Waals surface area contributed by atoms with E-state index >= 15 is 0 Å². The first-order valence-electron chi connectivity index (χ1n) is 7.48. The van der Waals surface area contributed by atoms with Crippen LogP contribution in [-0.4, -0.2) is 30.6 Å². The van der Waals surface area contributed by atoms with Gasteiger partial charge in [-0.3, -0.25) is 4.99 Å². The van der Waals surface area contributed by atoms with Crippen molar-refractivity contribution >= 4 is 41.3 Å². The Labute approximate surface area is 150 Å². The Morgan fingerprint density at radius 2 is 2.00 bits per heavy atom. The lowest BCUT2D eigenvalue weighted by Gasteiger charge is -2.11. The van der Waals surface area contributed by atoms with Gasteiger partial charge in [-0.05, 0) is 33.1 Å². The molecule has 0 aliphatic heterocycles. The van der Waals surface area contributed by atoms with Crippen LogP contribution in [0.1, 0.15) is 42.8 Å². The van der Waals surface area contributed by atoms with Crippen LogP contribution in [0.5, 0.6) is 0 Å². The van der Waals surface area contributed by atoms with E-state index in [2.05, 4.69) is 55.2 Å². The highest BCUT2D eigenvalue weighted by atomic mass is 127. The second-order valence-electron chi connectivity index (χ2n) is 5.36. The molecule has 21 heavy (non-hydrogen) atoms. The molecule has 0 fully saturated rings. The predicted octanol–water partition coefficient (Wildman–Crippen LogP) is 3.52. The van der Waals surface area contributed by atoms with Crippen molar-refractivity contribution in [2.45, 2.75) is 47.5 Å². The number of aliphatic imine (C=N–C) groups is 1. The van der Waals surface area contributed by atoms with Gasteiger partial charge in [-0.2, -0.15) is 0 Å². The van der Waals surface area contributed by atoms with Crippen molar-refractivity contribution in [1.29, 1.82) is 0 Å². The molecule has 0 aliphatic carbocycles. The number of thiazole rings is 1. The van der Waals surface area contributed by atoms with E-state index in [1.807, 2.05) is 0 Å². The summed E-state index contributed by atoms with van der Waals surface area (Å²) >= 11 is 1.79. The molecule has 0 spiro atoms. The minimum Gasteiger partial charge on any atom is -0.357 e. The lowest BCUT2D eigenvalue weighted by molar-refractivity contribution is 0.594. The predicted molar refractivity (Wildman–Crippen MR) is 104 cm³/mol. The van der Waals surface area contributed by atoms with Crippen LogP contribution in [0.3, 0.4) is 0 Å². The highest BCUT2D eigenvalue weighted by Gasteiger charge is 2.05. The molecule has 0 radical (unpaired) electrons. The summed E-state index contributed by atoms with van der Waals surface area (Å²) in [7, 11) is 0. The van der Waals surface area contributed by atoms with Crippen molar-refractivity contribution in [3.63, 3.8) is 0 Å². The van der Waals surface area contributed by atoms with Crippen LogP contribution in [0.4, 0.5) is 0 Å². The fourth-order valence-corrected chi connectivity index (χ4v) is 2.81. The molecule has 1 heterocycles. The third kappa shape index (κ3) is 8.60. The molecule has 2 N–H and O–H groups in total. The van der Waals surface area contributed by atoms with E-state index in [0.717, 1.165) is 49.1 Å². The number of hydrogen-bond acceptors (Lipinski definition) is 3. The molecule has 0 amide bonds. The Hall–Kier alpha value is -0.370. The molecular weight excluding hydrogens is 395 g/mol. The van der Waals surface area contributed by atoms with Crippen molar-refractivity contribution in [3.8, 4) is 0 Å². The Morgan fingerprint density at radius 1 is 1.29 bits per heavy atom. The molecule has 0 saturated carbocycles. The fourth-order valence-electron chi connectivity index (χ4n) is 1.88. The molecule has 4 nitrogen and oxygen atoms in total. The smallest absolute Gasteiger partial charge is 0.191 e. The van der Waals surface area contributed by atoms with Crippen LogP contribution in [0.25, 0.3) is 0 Å². The number of halogens is 1. The number of aryl methyl sites for hydroxylation is 2. The minimum absolute atomic E-state index is 0. The normalized spacial score (nSPS) is 11.4. The van der Waals surface area contributed by atoms with Crippen LogP contribution in [0, 0.1) is 19.8 Å². The maximum atomic E-state index is 4.59. The summed E-state index contributed by atoms with van der Waals surface area (Å²) < 4.78 is 0. The third-order valence-electron chi connectivity index (χ3n) is 2.96. The van der Waals surface area contributed by atoms with E-state index < -0.39 is 0 Å². The van der Waals surface area contributed by atoms with Gasteiger partial charge in [0.15, 0.2) is 5.96 Å². The topological polar surface area (TPSA) is 49.3 Å². The Kier molecular flexibility index (Phi) is 11.0. The van der Waals surface area contributed by atoms with Gasteiger partial charge in [0.2, 0.25) is 0 Å². The van der Waals surface area contributed by atoms with Gasteiger partial charge in [0.1, 0.15) is 0 Å². The molecule has 0 aromatic carbocycles. The van der Waals surface area contributed by atoms with Crippen LogP contribution in [0.2, 0.25) is 0 Å². The molecule has 0 unspecified atom stereocenters. The monoisotopic (exact) mass is 424 g/mol. The summed E-state index contributed by atoms with van der Waals surface area (Å²) in [6.45, 7) is 13.4. The van der Waals surface area contributed by atoms with Gasteiger partial charge in [0.25, 0.3) is 0 Å². The highest BCUT2D eigenvalue weighted by molar-refractivity contribution is 14.0. The number of aromatic nitrogens is 1. The molecular formula is C15H29IN4S. The summed E-state index contributed by atoms with van der Waals surface area (Å²) in [5.41, 5.74) is 1.16. The third-order valence-corrected chi connectivity index (χ3v) is 4.10. The van der Waals surface area contributed by atoms with Gasteiger partial charge in [0, 0.05) is 30.9 Å². The van der Waals surface area contributed by atoms with E-state index in [0.29, 0.717) is 5.92 Å². The molecule has 0 aliphatic rings. The zero-order valence-electron chi connectivity index (χ0n) is 13.8. The highest BCUT2D eigenvalue weighted by Crippen LogP contribution is 2.16. The first kappa shape index (κ1) is 20.6. The van der Waals surface area contributed by atoms with Crippen molar-refractivity contribution < 1.29 is 0 Å². The number of nitrogens with one attached hydrogen (secondary N) is 2. The van der Waals surface area contributed by atoms with Crippen LogP contribution in [0.15, 0.2) is 4.99 Å². The van der Waals surface area contributed by atoms with E-state index in [4.69, 9.17) is 0 Å². The minimum atomic E-state index is 0. The van der Waals surface area contributed by atoms with Crippen LogP contribution < -0.4 is 10.6 Å². The molecule has 1 aromatic rings. The SMILES string of the molecule is CCNC(=NCCC(C)C)NCCc1sc(C)nc1C.I. The number of hydrogen-bond donors (Lipinski definition) is 2. The fraction of sp³-hybridized carbons (Fsp3) is 0.733. The summed E-state index contributed by atoms with van der Waals surface area (Å²) in [4.78, 5) is 10.4. The summed E-state index contributed by atoms with van der Waals surface area (Å²) in [5.74, 6) is 1.62. The van der Waals surface area contributed by atoms with E-state index in [1.165, 1.54) is 4.88 Å². The van der Waals surface area contributed by atoms with E-state index in [-0.39, 0.29) is 24.0 Å². The van der Waals surface area contributed by atoms with Crippen molar-refractivity contribution in [2.24, 2.45) is 10.9 Å². The molecule has 6 heteroatoms. The first-order chi connectivity index (χ1) is 9.52. The van der Waals surface area contributed by atoms with Gasteiger partial charge in [-0.1, -0.05) is 13.8 Å². The zero-order chi connectivity index (χ0) is 15.0. The largest absolute Gasteiger partial charge is 0.357 e. The summed E-state index contributed by atoms with van der Waals surface area (Å²) in [5, 5.41) is 7.83. The molecule has 1 aromatic heterocycles. The quantitative estimate of drug-likeness (QED) is 0.400. The van der Waals surface area contributed by atoms with Crippen molar-refractivity contribution in [2.75, 3.05) is 19.6 Å². The Bertz CT molecular complexity index is 429. The average molecular weight is 424 g/mol. The second-order valence-corrected chi connectivity index (χ2v) is 6.65. The van der Waals surface area contributed by atoms with Gasteiger partial charge in [-0.15, -0.1) is 35.3 Å². The number of nitrogens with zero attached hydrogens (tertiary/aromatic N) is 2. The van der Waals surface area contributed by atoms with Gasteiger partial charge >= 0.3 is 0 Å². The lowest BCUT2D eigenvalue weighted by atomic mass is 10.1. The number of guanidine groups is 1. The molecule has 122 valence electrons. The average Bonchev–Trinajstić information content (AvgIpc) is 2.67. The maximum Gasteiger partial charge on any atom is 0.191 e. The summed E-state index contributed by atoms with van der Waals surface area (Å²) in [6.07, 6.45) is 2.13. The maximum absolute atomic E-state index is 4.59.